The van der Waals surface area contributed by atoms with E-state index in [1.165, 1.54) is 36.8 Å². The van der Waals surface area contributed by atoms with Crippen molar-refractivity contribution < 1.29 is 0 Å². The number of hydrogen-bond acceptors (Lipinski definition) is 0. The van der Waals surface area contributed by atoms with Crippen LogP contribution in [0.25, 0.3) is 6.08 Å². The summed E-state index contributed by atoms with van der Waals surface area (Å²) in [6.45, 7) is 6.82. The zero-order valence-corrected chi connectivity index (χ0v) is 10.7. The number of aryl methyl sites for hydroxylation is 1. The van der Waals surface area contributed by atoms with Gasteiger partial charge in [0.05, 0.1) is 0 Å². The molecule has 0 radical (unpaired) electrons. The molecule has 86 valence electrons. The summed E-state index contributed by atoms with van der Waals surface area (Å²) in [5.74, 6) is 0. The number of allylic oxidation sites excluding steroid dienone is 1. The van der Waals surface area contributed by atoms with E-state index in [4.69, 9.17) is 0 Å². The van der Waals surface area contributed by atoms with Crippen molar-refractivity contribution in [3.8, 4) is 0 Å². The van der Waals surface area contributed by atoms with Crippen LogP contribution in [0.2, 0.25) is 0 Å². The third-order valence-corrected chi connectivity index (χ3v) is 3.73. The predicted molar refractivity (Wildman–Crippen MR) is 71.4 cm³/mol. The number of unbranched alkanes of at least 4 members (excludes halogenated alkanes) is 1. The van der Waals surface area contributed by atoms with Crippen LogP contribution in [0.3, 0.4) is 0 Å². The van der Waals surface area contributed by atoms with E-state index in [2.05, 4.69) is 51.1 Å². The zero-order chi connectivity index (χ0) is 11.6. The minimum atomic E-state index is 0.529. The summed E-state index contributed by atoms with van der Waals surface area (Å²) in [6.07, 6.45) is 7.73. The van der Waals surface area contributed by atoms with Crippen molar-refractivity contribution in [3.05, 3.63) is 41.0 Å². The van der Waals surface area contributed by atoms with Crippen LogP contribution in [0, 0.1) is 12.3 Å². The van der Waals surface area contributed by atoms with Crippen LogP contribution < -0.4 is 0 Å². The molecule has 1 aliphatic carbocycles. The van der Waals surface area contributed by atoms with Gasteiger partial charge in [0.2, 0.25) is 0 Å². The van der Waals surface area contributed by atoms with Crippen LogP contribution in [0.5, 0.6) is 0 Å². The minimum Gasteiger partial charge on any atom is -0.0654 e. The fraction of sp³-hybridized carbons (Fsp3) is 0.500. The molecule has 1 unspecified atom stereocenters. The quantitative estimate of drug-likeness (QED) is 0.663. The third kappa shape index (κ3) is 2.55. The average molecular weight is 214 g/mol. The fourth-order valence-corrected chi connectivity index (χ4v) is 2.28. The largest absolute Gasteiger partial charge is 0.0654 e. The van der Waals surface area contributed by atoms with Crippen molar-refractivity contribution in [2.75, 3.05) is 0 Å². The Hall–Kier alpha value is -1.04. The summed E-state index contributed by atoms with van der Waals surface area (Å²) in [6, 6.07) is 8.83. The molecule has 0 aliphatic heterocycles. The molecule has 0 amide bonds. The van der Waals surface area contributed by atoms with E-state index in [9.17, 15) is 0 Å². The van der Waals surface area contributed by atoms with Gasteiger partial charge in [-0.3, -0.25) is 0 Å². The molecule has 1 aromatic carbocycles. The smallest absolute Gasteiger partial charge is 0.00753 e. The Kier molecular flexibility index (Phi) is 3.18. The first-order valence-corrected chi connectivity index (χ1v) is 6.42. The molecule has 1 aromatic rings. The maximum Gasteiger partial charge on any atom is -0.00753 e. The molecular weight excluding hydrogens is 192 g/mol. The molecule has 1 aliphatic rings. The van der Waals surface area contributed by atoms with Gasteiger partial charge in [0.25, 0.3) is 0 Å². The molecule has 0 heterocycles. The van der Waals surface area contributed by atoms with E-state index in [0.29, 0.717) is 5.41 Å². The number of hydrogen-bond donors (Lipinski definition) is 0. The Morgan fingerprint density at radius 2 is 1.94 bits per heavy atom. The van der Waals surface area contributed by atoms with Gasteiger partial charge < -0.3 is 0 Å². The summed E-state index contributed by atoms with van der Waals surface area (Å²) < 4.78 is 0. The highest BCUT2D eigenvalue weighted by Crippen LogP contribution is 2.55. The first kappa shape index (κ1) is 11.4. The van der Waals surface area contributed by atoms with Gasteiger partial charge in [0, 0.05) is 0 Å². The highest BCUT2D eigenvalue weighted by atomic mass is 14.5. The summed E-state index contributed by atoms with van der Waals surface area (Å²) in [7, 11) is 0. The third-order valence-electron chi connectivity index (χ3n) is 3.73. The van der Waals surface area contributed by atoms with Gasteiger partial charge in [-0.2, -0.15) is 0 Å². The van der Waals surface area contributed by atoms with Crippen molar-refractivity contribution in [2.45, 2.75) is 46.5 Å². The SMILES string of the molecule is CCCCC1(C)C/C1=C\c1ccc(C)cc1. The van der Waals surface area contributed by atoms with Gasteiger partial charge >= 0.3 is 0 Å². The van der Waals surface area contributed by atoms with E-state index < -0.39 is 0 Å². The minimum absolute atomic E-state index is 0.529. The van der Waals surface area contributed by atoms with Crippen molar-refractivity contribution in [3.63, 3.8) is 0 Å². The number of rotatable bonds is 4. The van der Waals surface area contributed by atoms with Gasteiger partial charge in [-0.15, -0.1) is 0 Å². The van der Waals surface area contributed by atoms with Crippen molar-refractivity contribution in [1.82, 2.24) is 0 Å². The van der Waals surface area contributed by atoms with Crippen molar-refractivity contribution >= 4 is 6.08 Å². The maximum absolute atomic E-state index is 2.41. The Labute approximate surface area is 99.4 Å². The molecule has 0 N–H and O–H groups in total. The van der Waals surface area contributed by atoms with E-state index in [1.807, 2.05) is 0 Å². The van der Waals surface area contributed by atoms with E-state index in [1.54, 1.807) is 5.57 Å². The van der Waals surface area contributed by atoms with Crippen LogP contribution in [0.15, 0.2) is 29.8 Å². The monoisotopic (exact) mass is 214 g/mol. The summed E-state index contributed by atoms with van der Waals surface area (Å²) in [5.41, 5.74) is 4.87. The van der Waals surface area contributed by atoms with E-state index in [0.717, 1.165) is 0 Å². The van der Waals surface area contributed by atoms with Crippen LogP contribution in [-0.2, 0) is 0 Å². The fourth-order valence-electron chi connectivity index (χ4n) is 2.28. The summed E-state index contributed by atoms with van der Waals surface area (Å²) >= 11 is 0. The Morgan fingerprint density at radius 3 is 2.56 bits per heavy atom. The summed E-state index contributed by atoms with van der Waals surface area (Å²) in [5, 5.41) is 0. The molecule has 0 aromatic heterocycles. The van der Waals surface area contributed by atoms with Crippen LogP contribution in [0.4, 0.5) is 0 Å². The predicted octanol–water partition coefficient (Wildman–Crippen LogP) is 4.98. The van der Waals surface area contributed by atoms with Crippen LogP contribution in [-0.4, -0.2) is 0 Å². The summed E-state index contributed by atoms with van der Waals surface area (Å²) in [4.78, 5) is 0. The van der Waals surface area contributed by atoms with Gasteiger partial charge in [-0.1, -0.05) is 68.2 Å². The normalized spacial score (nSPS) is 26.1. The standard InChI is InChI=1S/C16H22/c1-4-5-10-16(3)12-15(16)11-14-8-6-13(2)7-9-14/h6-9,11H,4-5,10,12H2,1-3H3/b15-11+. The van der Waals surface area contributed by atoms with Gasteiger partial charge in [-0.25, -0.2) is 0 Å². The molecule has 1 fully saturated rings. The lowest BCUT2D eigenvalue weighted by atomic mass is 10.00. The topological polar surface area (TPSA) is 0 Å². The Balaban J connectivity index is 2.02. The van der Waals surface area contributed by atoms with Crippen molar-refractivity contribution in [1.29, 1.82) is 0 Å². The lowest BCUT2D eigenvalue weighted by Crippen LogP contribution is -1.92. The molecule has 0 nitrogen and oxygen atoms in total. The zero-order valence-electron chi connectivity index (χ0n) is 10.7. The van der Waals surface area contributed by atoms with E-state index >= 15 is 0 Å². The second kappa shape index (κ2) is 4.45. The molecule has 1 saturated carbocycles. The molecule has 0 heteroatoms. The van der Waals surface area contributed by atoms with Gasteiger partial charge in [0.1, 0.15) is 0 Å². The maximum atomic E-state index is 2.41. The highest BCUT2D eigenvalue weighted by Gasteiger charge is 2.42. The highest BCUT2D eigenvalue weighted by molar-refractivity contribution is 5.60. The molecule has 0 bridgehead atoms. The first-order chi connectivity index (χ1) is 7.64. The second-order valence-electron chi connectivity index (χ2n) is 5.42. The molecule has 16 heavy (non-hydrogen) atoms. The molecule has 0 saturated heterocycles. The van der Waals surface area contributed by atoms with Crippen LogP contribution in [0.1, 0.15) is 50.7 Å². The molecule has 2 rings (SSSR count). The van der Waals surface area contributed by atoms with Gasteiger partial charge in [-0.05, 0) is 30.7 Å². The molecule has 0 spiro atoms. The molecular formula is C16H22. The Bertz CT molecular complexity index is 383. The van der Waals surface area contributed by atoms with Gasteiger partial charge in [0.15, 0.2) is 0 Å². The second-order valence-corrected chi connectivity index (χ2v) is 5.42. The molecule has 1 atom stereocenters. The average Bonchev–Trinajstić information content (AvgIpc) is 2.90. The lowest BCUT2D eigenvalue weighted by Gasteiger charge is -2.05. The first-order valence-electron chi connectivity index (χ1n) is 6.42. The Morgan fingerprint density at radius 1 is 1.25 bits per heavy atom. The van der Waals surface area contributed by atoms with E-state index in [-0.39, 0.29) is 0 Å². The number of benzene rings is 1. The van der Waals surface area contributed by atoms with Crippen molar-refractivity contribution in [2.24, 2.45) is 5.41 Å². The van der Waals surface area contributed by atoms with Crippen LogP contribution >= 0.6 is 0 Å². The lowest BCUT2D eigenvalue weighted by molar-refractivity contribution is 0.513.